The van der Waals surface area contributed by atoms with Crippen molar-refractivity contribution in [2.45, 2.75) is 156 Å². The van der Waals surface area contributed by atoms with E-state index in [9.17, 15) is 9.90 Å². The van der Waals surface area contributed by atoms with E-state index in [0.717, 1.165) is 76.9 Å². The van der Waals surface area contributed by atoms with Crippen molar-refractivity contribution in [3.05, 3.63) is 0 Å². The zero-order valence-electron chi connectivity index (χ0n) is 34.3. The number of hydrogen-bond acceptors (Lipinski definition) is 9. The summed E-state index contributed by atoms with van der Waals surface area (Å²) in [6.07, 6.45) is 11.7. The van der Waals surface area contributed by atoms with Crippen LogP contribution in [-0.2, 0) is 28.5 Å². The SMILES string of the molecule is CC.COCCN1CC(CN2CCOC(O[C@H]3CCC45C[C@]46CCC4(C)C7CCC([C@H](OC(C)=O)C(C)(C)O)OC7CC4C6CCC5C3(C)C)C2)C1. The molecule has 52 heavy (non-hydrogen) atoms. The van der Waals surface area contributed by atoms with Gasteiger partial charge in [-0.3, -0.25) is 9.69 Å². The number of methoxy groups -OCH3 is 1. The Balaban J connectivity index is 0.00000207. The highest BCUT2D eigenvalue weighted by molar-refractivity contribution is 5.66. The van der Waals surface area contributed by atoms with Crippen molar-refractivity contribution >= 4 is 5.97 Å². The van der Waals surface area contributed by atoms with Gasteiger partial charge in [-0.1, -0.05) is 34.6 Å². The lowest BCUT2D eigenvalue weighted by Crippen LogP contribution is -2.57. The minimum atomic E-state index is -1.14. The first-order chi connectivity index (χ1) is 24.7. The van der Waals surface area contributed by atoms with Crippen molar-refractivity contribution < 1.29 is 33.6 Å². The normalized spacial score (nSPS) is 44.7. The fourth-order valence-corrected chi connectivity index (χ4v) is 14.2. The molecule has 298 valence electrons. The van der Waals surface area contributed by atoms with Gasteiger partial charge in [0, 0.05) is 53.3 Å². The molecule has 8 rings (SSSR count). The van der Waals surface area contributed by atoms with Gasteiger partial charge in [0.15, 0.2) is 12.4 Å². The fourth-order valence-electron chi connectivity index (χ4n) is 14.2. The van der Waals surface area contributed by atoms with Crippen LogP contribution < -0.4 is 0 Å². The Morgan fingerprint density at radius 1 is 0.942 bits per heavy atom. The van der Waals surface area contributed by atoms with E-state index >= 15 is 0 Å². The number of morpholine rings is 1. The molecular formula is C43H74N2O7. The number of carbonyl (C=O) groups excluding carboxylic acids is 1. The molecule has 12 atom stereocenters. The van der Waals surface area contributed by atoms with Gasteiger partial charge in [0.05, 0.1) is 37.1 Å². The summed E-state index contributed by atoms with van der Waals surface area (Å²) in [5.41, 5.74) is 0.271. The number of rotatable bonds is 10. The van der Waals surface area contributed by atoms with Gasteiger partial charge in [-0.25, -0.2) is 0 Å². The van der Waals surface area contributed by atoms with Crippen LogP contribution in [0.2, 0.25) is 0 Å². The lowest BCUT2D eigenvalue weighted by Gasteiger charge is -2.60. The van der Waals surface area contributed by atoms with E-state index in [1.165, 1.54) is 58.5 Å². The fraction of sp³-hybridized carbons (Fsp3) is 0.977. The van der Waals surface area contributed by atoms with Crippen molar-refractivity contribution in [3.8, 4) is 0 Å². The molecule has 3 aliphatic heterocycles. The van der Waals surface area contributed by atoms with E-state index in [1.54, 1.807) is 21.0 Å². The zero-order chi connectivity index (χ0) is 37.3. The summed E-state index contributed by atoms with van der Waals surface area (Å²) in [5, 5.41) is 10.9. The lowest BCUT2D eigenvalue weighted by atomic mass is 9.46. The van der Waals surface area contributed by atoms with Gasteiger partial charge in [0.2, 0.25) is 0 Å². The summed E-state index contributed by atoms with van der Waals surface area (Å²) in [6.45, 7) is 24.6. The van der Waals surface area contributed by atoms with E-state index < -0.39 is 11.7 Å². The van der Waals surface area contributed by atoms with Crippen molar-refractivity contribution in [1.29, 1.82) is 0 Å². The Kier molecular flexibility index (Phi) is 11.1. The maximum Gasteiger partial charge on any atom is 0.303 e. The quantitative estimate of drug-likeness (QED) is 0.252. The highest BCUT2D eigenvalue weighted by Crippen LogP contribution is 2.87. The molecule has 5 saturated carbocycles. The minimum Gasteiger partial charge on any atom is -0.457 e. The van der Waals surface area contributed by atoms with Crippen LogP contribution in [0.15, 0.2) is 0 Å². The Morgan fingerprint density at radius 3 is 2.40 bits per heavy atom. The summed E-state index contributed by atoms with van der Waals surface area (Å²) in [7, 11) is 1.79. The molecular weight excluding hydrogens is 656 g/mol. The summed E-state index contributed by atoms with van der Waals surface area (Å²) in [5.74, 6) is 3.15. The van der Waals surface area contributed by atoms with Gasteiger partial charge in [0.25, 0.3) is 0 Å². The second kappa shape index (κ2) is 14.6. The standard InChI is InChI=1S/C41H68N2O7.C2H6/c1-26(44)48-36(38(4,5)45)31-10-8-29-32(49-31)20-30-28-9-11-33-37(2,3)34(12-13-41(33)25-40(28,41)15-14-39(29,30)6)50-35-24-43(17-19-47-35)23-27-21-42(22-27)16-18-46-7;1-2/h27-36,45H,8-25H2,1-7H3;1-2H3/t28?,29?,30?,31?,32?,33?,34-,35?,36-,39?,40-,41?;/m0./s1. The predicted octanol–water partition coefficient (Wildman–Crippen LogP) is 6.54. The molecule has 0 aromatic rings. The van der Waals surface area contributed by atoms with Gasteiger partial charge in [-0.15, -0.1) is 0 Å². The molecule has 0 aromatic heterocycles. The monoisotopic (exact) mass is 731 g/mol. The van der Waals surface area contributed by atoms with Crippen LogP contribution in [0.5, 0.6) is 0 Å². The first-order valence-corrected chi connectivity index (χ1v) is 21.5. The van der Waals surface area contributed by atoms with Crippen molar-refractivity contribution in [1.82, 2.24) is 9.80 Å². The number of fused-ring (bicyclic) bond motifs is 4. The Bertz CT molecular complexity index is 1270. The third-order valence-electron chi connectivity index (χ3n) is 16.5. The Labute approximate surface area is 315 Å². The number of esters is 1. The van der Waals surface area contributed by atoms with E-state index in [2.05, 4.69) is 30.6 Å². The first kappa shape index (κ1) is 39.4. The second-order valence-corrected chi connectivity index (χ2v) is 19.8. The molecule has 0 amide bonds. The molecule has 0 aromatic carbocycles. The summed E-state index contributed by atoms with van der Waals surface area (Å²) >= 11 is 0. The van der Waals surface area contributed by atoms with Gasteiger partial charge in [-0.2, -0.15) is 0 Å². The smallest absolute Gasteiger partial charge is 0.303 e. The molecule has 1 N–H and O–H groups in total. The van der Waals surface area contributed by atoms with Crippen LogP contribution in [0.1, 0.15) is 120 Å². The Hall–Kier alpha value is -0.810. The predicted molar refractivity (Wildman–Crippen MR) is 202 cm³/mol. The lowest BCUT2D eigenvalue weighted by molar-refractivity contribution is -0.246. The number of nitrogens with zero attached hydrogens (tertiary/aromatic N) is 2. The molecule has 3 saturated heterocycles. The molecule has 9 nitrogen and oxygen atoms in total. The van der Waals surface area contributed by atoms with Crippen molar-refractivity contribution in [3.63, 3.8) is 0 Å². The zero-order valence-corrected chi connectivity index (χ0v) is 34.3. The number of carbonyl (C=O) groups is 1. The number of hydrogen-bond donors (Lipinski definition) is 1. The third-order valence-corrected chi connectivity index (χ3v) is 16.5. The summed E-state index contributed by atoms with van der Waals surface area (Å²) < 4.78 is 31.1. The minimum absolute atomic E-state index is 0.117. The molecule has 3 heterocycles. The van der Waals surface area contributed by atoms with Gasteiger partial charge in [0.1, 0.15) is 0 Å². The van der Waals surface area contributed by atoms with E-state index in [-0.39, 0.29) is 36.0 Å². The molecule has 0 bridgehead atoms. The third kappa shape index (κ3) is 6.64. The Morgan fingerprint density at radius 2 is 1.69 bits per heavy atom. The molecule has 0 radical (unpaired) electrons. The average molecular weight is 731 g/mol. The van der Waals surface area contributed by atoms with E-state index in [4.69, 9.17) is 23.7 Å². The number of likely N-dealkylation sites (tertiary alicyclic amines) is 1. The van der Waals surface area contributed by atoms with Crippen LogP contribution in [-0.4, -0.2) is 117 Å². The maximum atomic E-state index is 12.0. The van der Waals surface area contributed by atoms with Crippen LogP contribution in [0.4, 0.5) is 0 Å². The summed E-state index contributed by atoms with van der Waals surface area (Å²) in [4.78, 5) is 17.1. The first-order valence-electron chi connectivity index (χ1n) is 21.5. The van der Waals surface area contributed by atoms with Gasteiger partial charge in [-0.05, 0) is 129 Å². The topological polar surface area (TPSA) is 89.9 Å². The van der Waals surface area contributed by atoms with Crippen LogP contribution in [0.25, 0.3) is 0 Å². The van der Waals surface area contributed by atoms with Gasteiger partial charge >= 0.3 is 5.97 Å². The highest BCUT2D eigenvalue weighted by Gasteiger charge is 2.80. The molecule has 8 aliphatic rings. The van der Waals surface area contributed by atoms with Crippen LogP contribution >= 0.6 is 0 Å². The van der Waals surface area contributed by atoms with Crippen LogP contribution in [0.3, 0.4) is 0 Å². The molecule has 9 unspecified atom stereocenters. The van der Waals surface area contributed by atoms with E-state index in [0.29, 0.717) is 34.0 Å². The van der Waals surface area contributed by atoms with Crippen LogP contribution in [0, 0.1) is 51.2 Å². The maximum absolute atomic E-state index is 12.0. The highest BCUT2D eigenvalue weighted by atomic mass is 16.7. The van der Waals surface area contributed by atoms with Crippen molar-refractivity contribution in [2.24, 2.45) is 51.2 Å². The molecule has 9 heteroatoms. The summed E-state index contributed by atoms with van der Waals surface area (Å²) in [6, 6.07) is 0. The van der Waals surface area contributed by atoms with Gasteiger partial charge < -0.3 is 33.7 Å². The number of aliphatic hydroxyl groups is 1. The largest absolute Gasteiger partial charge is 0.457 e. The molecule has 5 aliphatic carbocycles. The van der Waals surface area contributed by atoms with E-state index in [1.807, 2.05) is 13.8 Å². The molecule has 2 spiro atoms. The molecule has 8 fully saturated rings. The van der Waals surface area contributed by atoms with Crippen molar-refractivity contribution in [2.75, 3.05) is 59.6 Å². The average Bonchev–Trinajstić information content (AvgIpc) is 3.66. The second-order valence-electron chi connectivity index (χ2n) is 19.8. The number of ether oxygens (including phenoxy) is 5.